The van der Waals surface area contributed by atoms with Crippen LogP contribution < -0.4 is 14.8 Å². The van der Waals surface area contributed by atoms with Crippen molar-refractivity contribution in [3.8, 4) is 11.5 Å². The Morgan fingerprint density at radius 1 is 1.22 bits per heavy atom. The summed E-state index contributed by atoms with van der Waals surface area (Å²) in [4.78, 5) is 0. The zero-order chi connectivity index (χ0) is 13.5. The molecule has 1 aromatic rings. The SMILES string of the molecule is CNCC(O)c1ccc(OC)c(OC)c1COC. The predicted octanol–water partition coefficient (Wildman–Crippen LogP) is 1.10. The first-order chi connectivity index (χ1) is 8.69. The van der Waals surface area contributed by atoms with Gasteiger partial charge in [0.2, 0.25) is 0 Å². The maximum atomic E-state index is 10.1. The highest BCUT2D eigenvalue weighted by Gasteiger charge is 2.19. The lowest BCUT2D eigenvalue weighted by Crippen LogP contribution is -2.18. The minimum Gasteiger partial charge on any atom is -0.493 e. The molecule has 0 saturated carbocycles. The van der Waals surface area contributed by atoms with Gasteiger partial charge in [-0.25, -0.2) is 0 Å². The average molecular weight is 255 g/mol. The summed E-state index contributed by atoms with van der Waals surface area (Å²) in [6, 6.07) is 3.62. The van der Waals surface area contributed by atoms with Crippen molar-refractivity contribution in [1.82, 2.24) is 5.32 Å². The molecule has 0 amide bonds. The van der Waals surface area contributed by atoms with Crippen LogP contribution in [0.2, 0.25) is 0 Å². The standard InChI is InChI=1S/C13H21NO4/c1-14-7-11(15)9-5-6-12(17-3)13(18-4)10(9)8-16-2/h5-6,11,14-15H,7-8H2,1-4H3. The molecule has 5 heteroatoms. The summed E-state index contributed by atoms with van der Waals surface area (Å²) < 4.78 is 15.8. The minimum absolute atomic E-state index is 0.358. The second-order valence-corrected chi connectivity index (χ2v) is 3.88. The van der Waals surface area contributed by atoms with Crippen LogP contribution in [0.1, 0.15) is 17.2 Å². The van der Waals surface area contributed by atoms with Crippen LogP contribution in [0.4, 0.5) is 0 Å². The van der Waals surface area contributed by atoms with Gasteiger partial charge in [-0.05, 0) is 18.7 Å². The predicted molar refractivity (Wildman–Crippen MR) is 69.1 cm³/mol. The van der Waals surface area contributed by atoms with Gasteiger partial charge in [-0.1, -0.05) is 6.07 Å². The van der Waals surface area contributed by atoms with E-state index < -0.39 is 6.10 Å². The van der Waals surface area contributed by atoms with Crippen molar-refractivity contribution in [2.45, 2.75) is 12.7 Å². The van der Waals surface area contributed by atoms with Crippen LogP contribution >= 0.6 is 0 Å². The van der Waals surface area contributed by atoms with Crippen LogP contribution in [0, 0.1) is 0 Å². The first kappa shape index (κ1) is 14.8. The van der Waals surface area contributed by atoms with Gasteiger partial charge in [0, 0.05) is 19.2 Å². The fourth-order valence-electron chi connectivity index (χ4n) is 1.91. The van der Waals surface area contributed by atoms with Crippen molar-refractivity contribution in [3.63, 3.8) is 0 Å². The lowest BCUT2D eigenvalue weighted by atomic mass is 10.0. The summed E-state index contributed by atoms with van der Waals surface area (Å²) in [5, 5.41) is 13.0. The molecule has 0 bridgehead atoms. The minimum atomic E-state index is -0.611. The van der Waals surface area contributed by atoms with Gasteiger partial charge in [-0.2, -0.15) is 0 Å². The van der Waals surface area contributed by atoms with Gasteiger partial charge in [0.25, 0.3) is 0 Å². The number of nitrogens with one attached hydrogen (secondary N) is 1. The van der Waals surface area contributed by atoms with E-state index in [9.17, 15) is 5.11 Å². The zero-order valence-corrected chi connectivity index (χ0v) is 11.3. The van der Waals surface area contributed by atoms with Crippen LogP contribution in [-0.4, -0.2) is 40.0 Å². The van der Waals surface area contributed by atoms with Crippen LogP contribution in [-0.2, 0) is 11.3 Å². The smallest absolute Gasteiger partial charge is 0.166 e. The second kappa shape index (κ2) is 7.20. The first-order valence-corrected chi connectivity index (χ1v) is 5.74. The number of hydrogen-bond donors (Lipinski definition) is 2. The summed E-state index contributed by atoms with van der Waals surface area (Å²) in [7, 11) is 6.55. The quantitative estimate of drug-likeness (QED) is 0.764. The zero-order valence-electron chi connectivity index (χ0n) is 11.3. The third-order valence-electron chi connectivity index (χ3n) is 2.73. The number of methoxy groups -OCH3 is 3. The van der Waals surface area contributed by atoms with Crippen molar-refractivity contribution in [3.05, 3.63) is 23.3 Å². The van der Waals surface area contributed by atoms with Crippen molar-refractivity contribution in [2.24, 2.45) is 0 Å². The topological polar surface area (TPSA) is 60.0 Å². The number of aliphatic hydroxyl groups is 1. The Morgan fingerprint density at radius 3 is 2.44 bits per heavy atom. The van der Waals surface area contributed by atoms with Gasteiger partial charge in [0.05, 0.1) is 26.9 Å². The van der Waals surface area contributed by atoms with E-state index in [0.29, 0.717) is 24.7 Å². The Kier molecular flexibility index (Phi) is 5.91. The summed E-state index contributed by atoms with van der Waals surface area (Å²) >= 11 is 0. The van der Waals surface area contributed by atoms with E-state index in [4.69, 9.17) is 14.2 Å². The summed E-state index contributed by atoms with van der Waals surface area (Å²) in [5.74, 6) is 1.23. The van der Waals surface area contributed by atoms with E-state index >= 15 is 0 Å². The van der Waals surface area contributed by atoms with E-state index in [1.807, 2.05) is 6.07 Å². The highest BCUT2D eigenvalue weighted by Crippen LogP contribution is 2.36. The Balaban J connectivity index is 3.24. The molecule has 1 aromatic carbocycles. The van der Waals surface area contributed by atoms with Crippen LogP contribution in [0.3, 0.4) is 0 Å². The molecule has 2 N–H and O–H groups in total. The van der Waals surface area contributed by atoms with Crippen LogP contribution in [0.5, 0.6) is 11.5 Å². The fourth-order valence-corrected chi connectivity index (χ4v) is 1.91. The van der Waals surface area contributed by atoms with Gasteiger partial charge in [-0.3, -0.25) is 0 Å². The number of likely N-dealkylation sites (N-methyl/N-ethyl adjacent to an activating group) is 1. The third-order valence-corrected chi connectivity index (χ3v) is 2.73. The Labute approximate surface area is 108 Å². The average Bonchev–Trinajstić information content (AvgIpc) is 2.38. The van der Waals surface area contributed by atoms with E-state index in [2.05, 4.69) is 5.32 Å². The third kappa shape index (κ3) is 3.13. The molecule has 0 fully saturated rings. The monoisotopic (exact) mass is 255 g/mol. The summed E-state index contributed by atoms with van der Waals surface area (Å²) in [6.45, 7) is 0.822. The van der Waals surface area contributed by atoms with Gasteiger partial charge in [-0.15, -0.1) is 0 Å². The molecule has 5 nitrogen and oxygen atoms in total. The van der Waals surface area contributed by atoms with Gasteiger partial charge in [0.1, 0.15) is 0 Å². The normalized spacial score (nSPS) is 12.3. The Bertz CT molecular complexity index is 381. The molecule has 0 heterocycles. The maximum absolute atomic E-state index is 10.1. The maximum Gasteiger partial charge on any atom is 0.166 e. The Morgan fingerprint density at radius 2 is 1.94 bits per heavy atom. The van der Waals surface area contributed by atoms with Gasteiger partial charge in [0.15, 0.2) is 11.5 Å². The number of benzene rings is 1. The van der Waals surface area contributed by atoms with E-state index in [-0.39, 0.29) is 0 Å². The van der Waals surface area contributed by atoms with Gasteiger partial charge < -0.3 is 24.6 Å². The van der Waals surface area contributed by atoms with Crippen molar-refractivity contribution in [2.75, 3.05) is 34.9 Å². The van der Waals surface area contributed by atoms with Crippen molar-refractivity contribution in [1.29, 1.82) is 0 Å². The highest BCUT2D eigenvalue weighted by molar-refractivity contribution is 5.51. The molecule has 0 aliphatic heterocycles. The molecule has 0 spiro atoms. The molecule has 0 aromatic heterocycles. The molecule has 1 unspecified atom stereocenters. The van der Waals surface area contributed by atoms with Crippen LogP contribution in [0.15, 0.2) is 12.1 Å². The highest BCUT2D eigenvalue weighted by atomic mass is 16.5. The summed E-state index contributed by atoms with van der Waals surface area (Å²) in [5.41, 5.74) is 1.59. The van der Waals surface area contributed by atoms with E-state index in [1.165, 1.54) is 0 Å². The lowest BCUT2D eigenvalue weighted by molar-refractivity contribution is 0.158. The number of aliphatic hydroxyl groups excluding tert-OH is 1. The molecule has 0 aliphatic rings. The largest absolute Gasteiger partial charge is 0.493 e. The molecule has 0 radical (unpaired) electrons. The fraction of sp³-hybridized carbons (Fsp3) is 0.538. The van der Waals surface area contributed by atoms with Crippen molar-refractivity contribution >= 4 is 0 Å². The molecular weight excluding hydrogens is 234 g/mol. The molecule has 0 saturated heterocycles. The van der Waals surface area contributed by atoms with Crippen LogP contribution in [0.25, 0.3) is 0 Å². The number of ether oxygens (including phenoxy) is 3. The molecule has 18 heavy (non-hydrogen) atoms. The molecule has 1 atom stereocenters. The van der Waals surface area contributed by atoms with E-state index in [0.717, 1.165) is 11.1 Å². The number of hydrogen-bond acceptors (Lipinski definition) is 5. The summed E-state index contributed by atoms with van der Waals surface area (Å²) in [6.07, 6.45) is -0.611. The second-order valence-electron chi connectivity index (χ2n) is 3.88. The van der Waals surface area contributed by atoms with E-state index in [1.54, 1.807) is 34.4 Å². The van der Waals surface area contributed by atoms with Crippen molar-refractivity contribution < 1.29 is 19.3 Å². The first-order valence-electron chi connectivity index (χ1n) is 5.74. The molecule has 0 aliphatic carbocycles. The Hall–Kier alpha value is -1.30. The molecular formula is C13H21NO4. The molecule has 1 rings (SSSR count). The molecule has 102 valence electrons. The van der Waals surface area contributed by atoms with Gasteiger partial charge >= 0.3 is 0 Å². The lowest BCUT2D eigenvalue weighted by Gasteiger charge is -2.19. The number of rotatable bonds is 7.